The lowest BCUT2D eigenvalue weighted by Crippen LogP contribution is -2.57. The van der Waals surface area contributed by atoms with Crippen molar-refractivity contribution in [3.63, 3.8) is 0 Å². The number of thioether (sulfide) groups is 2. The second-order valence-electron chi connectivity index (χ2n) is 8.42. The van der Waals surface area contributed by atoms with Crippen LogP contribution in [0.2, 0.25) is 0 Å². The zero-order valence-electron chi connectivity index (χ0n) is 21.7. The number of hydrogen-bond donors (Lipinski definition) is 8. The van der Waals surface area contributed by atoms with Crippen LogP contribution in [-0.4, -0.2) is 96.0 Å². The molecule has 4 unspecified atom stereocenters. The van der Waals surface area contributed by atoms with Crippen molar-refractivity contribution >= 4 is 53.2 Å². The van der Waals surface area contributed by atoms with Gasteiger partial charge in [-0.1, -0.05) is 0 Å². The smallest absolute Gasteiger partial charge is 0.326 e. The number of hydrogen-bond acceptors (Lipinski definition) is 9. The Bertz CT molecular complexity index is 740. The number of nitrogens with one attached hydrogen (secondary N) is 3. The van der Waals surface area contributed by atoms with Crippen molar-refractivity contribution in [2.75, 3.05) is 37.1 Å². The highest BCUT2D eigenvalue weighted by atomic mass is 32.2. The molecule has 0 aliphatic carbocycles. The molecule has 0 rings (SSSR count). The van der Waals surface area contributed by atoms with Gasteiger partial charge in [-0.15, -0.1) is 0 Å². The number of aliphatic carboxylic acids is 1. The van der Waals surface area contributed by atoms with E-state index in [4.69, 9.17) is 22.9 Å². The average molecular weight is 565 g/mol. The predicted octanol–water partition coefficient (Wildman–Crippen LogP) is -1.46. The molecule has 0 spiro atoms. The zero-order valence-corrected chi connectivity index (χ0v) is 23.4. The molecule has 0 aliphatic heterocycles. The molecule has 37 heavy (non-hydrogen) atoms. The van der Waals surface area contributed by atoms with Gasteiger partial charge in [0.1, 0.15) is 18.1 Å². The van der Waals surface area contributed by atoms with Crippen LogP contribution < -0.4 is 38.9 Å². The molecule has 0 saturated carbocycles. The number of rotatable bonds is 21. The maximum Gasteiger partial charge on any atom is 0.326 e. The van der Waals surface area contributed by atoms with Crippen molar-refractivity contribution in [3.8, 4) is 0 Å². The largest absolute Gasteiger partial charge is 0.480 e. The summed E-state index contributed by atoms with van der Waals surface area (Å²) in [6.45, 7) is 0.655. The molecule has 0 aromatic heterocycles. The molecule has 12 N–H and O–H groups in total. The Hall–Kier alpha value is -2.23. The summed E-state index contributed by atoms with van der Waals surface area (Å²) >= 11 is 3.01. The number of carboxylic acids is 1. The molecular weight excluding hydrogens is 520 g/mol. The molecule has 0 aliphatic rings. The molecule has 4 atom stereocenters. The molecule has 3 amide bonds. The standard InChI is InChI=1S/C22H44N8O5S2/c1-36-12-8-14(24)18(31)28-16(7-5-11-27-22(25)26)19(32)29-15(6-3-4-10-23)20(33)30-17(21(34)35)9-13-37-2/h14-17H,3-13,23-24H2,1-2H3,(H,28,31)(H,29,32)(H,30,33)(H,34,35)(H4,25,26,27). The van der Waals surface area contributed by atoms with Gasteiger partial charge in [-0.05, 0) is 75.5 Å². The zero-order chi connectivity index (χ0) is 28.2. The Kier molecular flexibility index (Phi) is 19.5. The summed E-state index contributed by atoms with van der Waals surface area (Å²) in [7, 11) is 0. The third kappa shape index (κ3) is 16.3. The summed E-state index contributed by atoms with van der Waals surface area (Å²) in [6, 6.07) is -3.87. The fourth-order valence-corrected chi connectivity index (χ4v) is 4.19. The lowest BCUT2D eigenvalue weighted by atomic mass is 10.0. The number of carbonyl (C=O) groups excluding carboxylic acids is 3. The second kappa shape index (κ2) is 20.8. The lowest BCUT2D eigenvalue weighted by molar-refractivity contribution is -0.142. The van der Waals surface area contributed by atoms with E-state index in [9.17, 15) is 24.3 Å². The van der Waals surface area contributed by atoms with Crippen LogP contribution in [0.5, 0.6) is 0 Å². The van der Waals surface area contributed by atoms with Crippen LogP contribution in [0.25, 0.3) is 0 Å². The maximum absolute atomic E-state index is 13.2. The molecule has 0 fully saturated rings. The number of nitrogens with two attached hydrogens (primary N) is 4. The first-order chi connectivity index (χ1) is 17.6. The van der Waals surface area contributed by atoms with E-state index < -0.39 is 47.9 Å². The van der Waals surface area contributed by atoms with Crippen molar-refractivity contribution < 1.29 is 24.3 Å². The minimum Gasteiger partial charge on any atom is -0.480 e. The Balaban J connectivity index is 5.56. The highest BCUT2D eigenvalue weighted by molar-refractivity contribution is 7.98. The summed E-state index contributed by atoms with van der Waals surface area (Å²) in [4.78, 5) is 54.3. The number of aliphatic imine (C=N–C) groups is 1. The molecule has 15 heteroatoms. The van der Waals surface area contributed by atoms with Crippen molar-refractivity contribution in [2.24, 2.45) is 27.9 Å². The monoisotopic (exact) mass is 564 g/mol. The highest BCUT2D eigenvalue weighted by Gasteiger charge is 2.29. The second-order valence-corrected chi connectivity index (χ2v) is 10.4. The predicted molar refractivity (Wildman–Crippen MR) is 150 cm³/mol. The summed E-state index contributed by atoms with van der Waals surface area (Å²) in [6.07, 6.45) is 6.42. The number of nitrogens with zero attached hydrogens (tertiary/aromatic N) is 1. The van der Waals surface area contributed by atoms with Crippen LogP contribution in [0.15, 0.2) is 4.99 Å². The minimum atomic E-state index is -1.15. The molecule has 13 nitrogen and oxygen atoms in total. The summed E-state index contributed by atoms with van der Waals surface area (Å²) in [5, 5.41) is 17.3. The van der Waals surface area contributed by atoms with E-state index in [2.05, 4.69) is 20.9 Å². The topological polar surface area (TPSA) is 241 Å². The van der Waals surface area contributed by atoms with Crippen molar-refractivity contribution in [1.29, 1.82) is 0 Å². The van der Waals surface area contributed by atoms with Gasteiger partial charge in [0, 0.05) is 6.54 Å². The number of guanidine groups is 1. The van der Waals surface area contributed by atoms with Gasteiger partial charge in [-0.3, -0.25) is 19.4 Å². The molecule has 0 heterocycles. The highest BCUT2D eigenvalue weighted by Crippen LogP contribution is 2.08. The van der Waals surface area contributed by atoms with E-state index in [1.165, 1.54) is 11.8 Å². The summed E-state index contributed by atoms with van der Waals surface area (Å²) in [5.74, 6) is -1.69. The van der Waals surface area contributed by atoms with Crippen molar-refractivity contribution in [3.05, 3.63) is 0 Å². The van der Waals surface area contributed by atoms with Gasteiger partial charge in [0.15, 0.2) is 5.96 Å². The lowest BCUT2D eigenvalue weighted by Gasteiger charge is -2.25. The first-order valence-corrected chi connectivity index (χ1v) is 15.0. The molecule has 0 aromatic rings. The van der Waals surface area contributed by atoms with Crippen molar-refractivity contribution in [1.82, 2.24) is 16.0 Å². The van der Waals surface area contributed by atoms with Crippen LogP contribution in [0.3, 0.4) is 0 Å². The SMILES string of the molecule is CSCCC(N)C(=O)NC(CCCN=C(N)N)C(=O)NC(CCCCN)C(=O)NC(CCSC)C(=O)O. The summed E-state index contributed by atoms with van der Waals surface area (Å²) < 4.78 is 0. The van der Waals surface area contributed by atoms with Crippen LogP contribution in [0.1, 0.15) is 44.9 Å². The van der Waals surface area contributed by atoms with E-state index in [0.717, 1.165) is 0 Å². The normalized spacial score (nSPS) is 14.1. The fourth-order valence-electron chi connectivity index (χ4n) is 3.23. The van der Waals surface area contributed by atoms with E-state index in [1.54, 1.807) is 11.8 Å². The molecule has 0 saturated heterocycles. The van der Waals surface area contributed by atoms with Gasteiger partial charge in [0.2, 0.25) is 17.7 Å². The number of amides is 3. The molecule has 0 aromatic carbocycles. The third-order valence-electron chi connectivity index (χ3n) is 5.35. The van der Waals surface area contributed by atoms with E-state index >= 15 is 0 Å². The minimum absolute atomic E-state index is 0.0878. The molecule has 0 bridgehead atoms. The average Bonchev–Trinajstić information content (AvgIpc) is 2.85. The van der Waals surface area contributed by atoms with E-state index in [1.807, 2.05) is 12.5 Å². The van der Waals surface area contributed by atoms with E-state index in [-0.39, 0.29) is 31.8 Å². The Labute approximate surface area is 227 Å². The molecular formula is C22H44N8O5S2. The quantitative estimate of drug-likeness (QED) is 0.0455. The Morgan fingerprint density at radius 1 is 0.784 bits per heavy atom. The van der Waals surface area contributed by atoms with Gasteiger partial charge in [0.05, 0.1) is 6.04 Å². The van der Waals surface area contributed by atoms with E-state index in [0.29, 0.717) is 43.7 Å². The van der Waals surface area contributed by atoms with Crippen LogP contribution in [0, 0.1) is 0 Å². The van der Waals surface area contributed by atoms with Crippen LogP contribution in [0.4, 0.5) is 0 Å². The van der Waals surface area contributed by atoms with Gasteiger partial charge in [-0.25, -0.2) is 4.79 Å². The number of carboxylic acid groups (broad SMARTS) is 1. The Morgan fingerprint density at radius 3 is 1.81 bits per heavy atom. The van der Waals surface area contributed by atoms with Gasteiger partial charge in [-0.2, -0.15) is 23.5 Å². The Morgan fingerprint density at radius 2 is 1.30 bits per heavy atom. The van der Waals surface area contributed by atoms with Gasteiger partial charge < -0.3 is 44.0 Å². The first kappa shape index (κ1) is 34.8. The van der Waals surface area contributed by atoms with Gasteiger partial charge in [0.25, 0.3) is 0 Å². The maximum atomic E-state index is 13.2. The number of unbranched alkanes of at least 4 members (excludes halogenated alkanes) is 1. The number of carbonyl (C=O) groups is 4. The summed E-state index contributed by atoms with van der Waals surface area (Å²) in [5.41, 5.74) is 22.2. The van der Waals surface area contributed by atoms with Crippen LogP contribution in [-0.2, 0) is 19.2 Å². The van der Waals surface area contributed by atoms with Gasteiger partial charge >= 0.3 is 5.97 Å². The van der Waals surface area contributed by atoms with Crippen molar-refractivity contribution in [2.45, 2.75) is 69.1 Å². The molecule has 214 valence electrons. The van der Waals surface area contributed by atoms with Crippen LogP contribution >= 0.6 is 23.5 Å². The molecule has 0 radical (unpaired) electrons. The first-order valence-electron chi connectivity index (χ1n) is 12.2. The third-order valence-corrected chi connectivity index (χ3v) is 6.64. The fraction of sp³-hybridized carbons (Fsp3) is 0.773.